The van der Waals surface area contributed by atoms with Crippen molar-refractivity contribution < 1.29 is 19.5 Å². The lowest BCUT2D eigenvalue weighted by molar-refractivity contribution is -0.139. The zero-order chi connectivity index (χ0) is 22.0. The lowest BCUT2D eigenvalue weighted by atomic mass is 10.1. The third-order valence-corrected chi connectivity index (χ3v) is 4.98. The van der Waals surface area contributed by atoms with Gasteiger partial charge in [-0.15, -0.1) is 0 Å². The fourth-order valence-electron chi connectivity index (χ4n) is 3.47. The minimum atomic E-state index is -1.11. The summed E-state index contributed by atoms with van der Waals surface area (Å²) in [6.07, 6.45) is 0.228. The Morgan fingerprint density at radius 2 is 1.87 bits per heavy atom. The second kappa shape index (κ2) is 8.23. The molecule has 0 fully saturated rings. The number of rotatable bonds is 6. The van der Waals surface area contributed by atoms with E-state index >= 15 is 0 Å². The number of carboxylic acids is 1. The first-order chi connectivity index (χ1) is 15.0. The van der Waals surface area contributed by atoms with Crippen molar-refractivity contribution in [2.45, 2.75) is 19.4 Å². The van der Waals surface area contributed by atoms with Crippen LogP contribution in [0.5, 0.6) is 0 Å². The molecule has 0 saturated heterocycles. The van der Waals surface area contributed by atoms with Gasteiger partial charge in [0, 0.05) is 11.1 Å². The SMILES string of the molecule is CCC(C(=O)O)N1C(=O)C(=NNC(=O)c2cc(-c3ccccc3)n[nH]2)c2ccccc21. The van der Waals surface area contributed by atoms with E-state index in [0.717, 1.165) is 5.56 Å². The number of carbonyl (C=O) groups excluding carboxylic acids is 2. The monoisotopic (exact) mass is 417 g/mol. The molecule has 0 aliphatic carbocycles. The molecule has 3 N–H and O–H groups in total. The molecule has 0 saturated carbocycles. The van der Waals surface area contributed by atoms with Gasteiger partial charge in [0.05, 0.1) is 11.4 Å². The number of benzene rings is 2. The van der Waals surface area contributed by atoms with E-state index in [2.05, 4.69) is 20.7 Å². The standard InChI is InChI=1S/C22H19N5O4/c1-2-17(22(30)31)27-18-11-7-6-10-14(18)19(21(27)29)25-26-20(28)16-12-15(23-24-16)13-8-4-3-5-9-13/h3-12,17H,2H2,1H3,(H,23,24)(H,26,28)(H,30,31). The van der Waals surface area contributed by atoms with Gasteiger partial charge in [0.2, 0.25) is 0 Å². The van der Waals surface area contributed by atoms with E-state index in [-0.39, 0.29) is 17.8 Å². The first-order valence-corrected chi connectivity index (χ1v) is 9.66. The number of carbonyl (C=O) groups is 3. The van der Waals surface area contributed by atoms with Gasteiger partial charge < -0.3 is 5.11 Å². The predicted molar refractivity (Wildman–Crippen MR) is 114 cm³/mol. The van der Waals surface area contributed by atoms with Crippen molar-refractivity contribution >= 4 is 29.2 Å². The van der Waals surface area contributed by atoms with Crippen LogP contribution >= 0.6 is 0 Å². The molecule has 31 heavy (non-hydrogen) atoms. The second-order valence-corrected chi connectivity index (χ2v) is 6.89. The molecule has 2 amide bonds. The Morgan fingerprint density at radius 3 is 2.58 bits per heavy atom. The quantitative estimate of drug-likeness (QED) is 0.531. The van der Waals surface area contributed by atoms with Gasteiger partial charge in [-0.1, -0.05) is 55.5 Å². The lowest BCUT2D eigenvalue weighted by Gasteiger charge is -2.23. The smallest absolute Gasteiger partial charge is 0.326 e. The van der Waals surface area contributed by atoms with Gasteiger partial charge in [-0.05, 0) is 18.6 Å². The normalized spacial score (nSPS) is 15.1. The minimum Gasteiger partial charge on any atom is -0.480 e. The number of nitrogens with zero attached hydrogens (tertiary/aromatic N) is 3. The number of para-hydroxylation sites is 1. The number of anilines is 1. The fraction of sp³-hybridized carbons (Fsp3) is 0.136. The van der Waals surface area contributed by atoms with Gasteiger partial charge >= 0.3 is 5.97 Å². The molecule has 9 nitrogen and oxygen atoms in total. The maximum atomic E-state index is 13.0. The van der Waals surface area contributed by atoms with Crippen LogP contribution in [0.1, 0.15) is 29.4 Å². The summed E-state index contributed by atoms with van der Waals surface area (Å²) >= 11 is 0. The summed E-state index contributed by atoms with van der Waals surface area (Å²) in [5.41, 5.74) is 4.87. The highest BCUT2D eigenvalue weighted by molar-refractivity contribution is 6.54. The van der Waals surface area contributed by atoms with E-state index in [9.17, 15) is 19.5 Å². The number of carboxylic acid groups (broad SMARTS) is 1. The van der Waals surface area contributed by atoms with Crippen molar-refractivity contribution in [1.29, 1.82) is 0 Å². The Labute approximate surface area is 177 Å². The number of hydrazone groups is 1. The van der Waals surface area contributed by atoms with E-state index in [0.29, 0.717) is 16.9 Å². The first-order valence-electron chi connectivity index (χ1n) is 9.66. The molecule has 4 rings (SSSR count). The van der Waals surface area contributed by atoms with Crippen molar-refractivity contribution in [3.05, 3.63) is 71.9 Å². The maximum Gasteiger partial charge on any atom is 0.326 e. The average Bonchev–Trinajstić information content (AvgIpc) is 3.37. The van der Waals surface area contributed by atoms with Crippen molar-refractivity contribution in [1.82, 2.24) is 15.6 Å². The lowest BCUT2D eigenvalue weighted by Crippen LogP contribution is -2.44. The van der Waals surface area contributed by atoms with Crippen LogP contribution < -0.4 is 10.3 Å². The summed E-state index contributed by atoms with van der Waals surface area (Å²) in [7, 11) is 0. The van der Waals surface area contributed by atoms with Crippen LogP contribution in [-0.4, -0.2) is 44.8 Å². The molecule has 1 aromatic heterocycles. The molecule has 1 atom stereocenters. The van der Waals surface area contributed by atoms with Gasteiger partial charge in [0.15, 0.2) is 5.71 Å². The highest BCUT2D eigenvalue weighted by Gasteiger charge is 2.40. The number of hydrogen-bond acceptors (Lipinski definition) is 5. The number of aromatic amines is 1. The highest BCUT2D eigenvalue weighted by atomic mass is 16.4. The molecule has 1 aliphatic rings. The van der Waals surface area contributed by atoms with Crippen LogP contribution in [0, 0.1) is 0 Å². The van der Waals surface area contributed by atoms with Crippen LogP contribution in [-0.2, 0) is 9.59 Å². The number of fused-ring (bicyclic) bond motifs is 1. The van der Waals surface area contributed by atoms with Crippen molar-refractivity contribution in [3.8, 4) is 11.3 Å². The number of hydrogen-bond donors (Lipinski definition) is 3. The molecule has 0 bridgehead atoms. The van der Waals surface area contributed by atoms with Gasteiger partial charge in [-0.2, -0.15) is 10.2 Å². The van der Waals surface area contributed by atoms with E-state index < -0.39 is 23.8 Å². The van der Waals surface area contributed by atoms with Gasteiger partial charge in [-0.25, -0.2) is 10.2 Å². The summed E-state index contributed by atoms with van der Waals surface area (Å²) < 4.78 is 0. The van der Waals surface area contributed by atoms with Gasteiger partial charge in [0.25, 0.3) is 11.8 Å². The predicted octanol–water partition coefficient (Wildman–Crippen LogP) is 2.42. The summed E-state index contributed by atoms with van der Waals surface area (Å²) in [4.78, 5) is 38.3. The largest absolute Gasteiger partial charge is 0.480 e. The first kappa shape index (κ1) is 20.0. The summed E-state index contributed by atoms with van der Waals surface area (Å²) in [5.74, 6) is -2.26. The van der Waals surface area contributed by atoms with E-state index in [1.807, 2.05) is 30.3 Å². The number of amides is 2. The molecule has 0 spiro atoms. The Morgan fingerprint density at radius 1 is 1.16 bits per heavy atom. The fourth-order valence-corrected chi connectivity index (χ4v) is 3.47. The number of nitrogens with one attached hydrogen (secondary N) is 2. The van der Waals surface area contributed by atoms with Crippen molar-refractivity contribution in [2.24, 2.45) is 5.10 Å². The number of aromatic nitrogens is 2. The third kappa shape index (κ3) is 3.68. The molecule has 2 aromatic carbocycles. The molecule has 3 aromatic rings. The second-order valence-electron chi connectivity index (χ2n) is 6.89. The van der Waals surface area contributed by atoms with Crippen LogP contribution in [0.25, 0.3) is 11.3 Å². The van der Waals surface area contributed by atoms with E-state index in [1.54, 1.807) is 37.3 Å². The van der Waals surface area contributed by atoms with Gasteiger partial charge in [0.1, 0.15) is 11.7 Å². The Kier molecular flexibility index (Phi) is 5.31. The molecular formula is C22H19N5O4. The van der Waals surface area contributed by atoms with Crippen LogP contribution in [0.3, 0.4) is 0 Å². The van der Waals surface area contributed by atoms with Crippen molar-refractivity contribution in [2.75, 3.05) is 4.90 Å². The third-order valence-electron chi connectivity index (χ3n) is 4.98. The molecule has 9 heteroatoms. The molecule has 1 aliphatic heterocycles. The molecule has 1 unspecified atom stereocenters. The van der Waals surface area contributed by atoms with Gasteiger partial charge in [-0.3, -0.25) is 19.6 Å². The van der Waals surface area contributed by atoms with Crippen LogP contribution in [0.4, 0.5) is 5.69 Å². The average molecular weight is 417 g/mol. The van der Waals surface area contributed by atoms with E-state index in [4.69, 9.17) is 0 Å². The Balaban J connectivity index is 1.59. The highest BCUT2D eigenvalue weighted by Crippen LogP contribution is 2.31. The van der Waals surface area contributed by atoms with Crippen molar-refractivity contribution in [3.63, 3.8) is 0 Å². The Bertz CT molecular complexity index is 1190. The minimum absolute atomic E-state index is 0.0218. The summed E-state index contributed by atoms with van der Waals surface area (Å²) in [6, 6.07) is 16.7. The number of H-pyrrole nitrogens is 1. The molecule has 0 radical (unpaired) electrons. The van der Waals surface area contributed by atoms with E-state index in [1.165, 1.54) is 4.90 Å². The Hall–Kier alpha value is -4.27. The summed E-state index contributed by atoms with van der Waals surface area (Å²) in [5, 5.41) is 20.3. The van der Waals surface area contributed by atoms with Crippen LogP contribution in [0.2, 0.25) is 0 Å². The molecule has 2 heterocycles. The molecular weight excluding hydrogens is 398 g/mol. The zero-order valence-electron chi connectivity index (χ0n) is 16.6. The number of aliphatic carboxylic acids is 1. The van der Waals surface area contributed by atoms with Crippen LogP contribution in [0.15, 0.2) is 65.8 Å². The maximum absolute atomic E-state index is 13.0. The summed E-state index contributed by atoms with van der Waals surface area (Å²) in [6.45, 7) is 1.69. The molecule has 156 valence electrons. The zero-order valence-corrected chi connectivity index (χ0v) is 16.6. The topological polar surface area (TPSA) is 128 Å².